The number of nitrogens with zero attached hydrogens (tertiary/aromatic N) is 2. The highest BCUT2D eigenvalue weighted by atomic mass is 35.5. The van der Waals surface area contributed by atoms with Gasteiger partial charge in [-0.25, -0.2) is 0 Å². The lowest BCUT2D eigenvalue weighted by Gasteiger charge is -2.26. The van der Waals surface area contributed by atoms with Gasteiger partial charge in [0.2, 0.25) is 5.91 Å². The van der Waals surface area contributed by atoms with Gasteiger partial charge >= 0.3 is 0 Å². The van der Waals surface area contributed by atoms with E-state index in [1.165, 1.54) is 34.7 Å². The summed E-state index contributed by atoms with van der Waals surface area (Å²) < 4.78 is 0. The van der Waals surface area contributed by atoms with Gasteiger partial charge in [0.05, 0.1) is 21.9 Å². The number of nitrogens with one attached hydrogen (secondary N) is 2. The van der Waals surface area contributed by atoms with Crippen LogP contribution in [0.25, 0.3) is 0 Å². The van der Waals surface area contributed by atoms with E-state index in [-0.39, 0.29) is 22.6 Å². The maximum atomic E-state index is 12.8. The smallest absolute Gasteiger partial charge is 0.257 e. The molecule has 1 aromatic heterocycles. The van der Waals surface area contributed by atoms with Gasteiger partial charge in [-0.2, -0.15) is 5.26 Å². The van der Waals surface area contributed by atoms with Crippen LogP contribution in [-0.2, 0) is 24.3 Å². The molecule has 1 aliphatic heterocycles. The van der Waals surface area contributed by atoms with E-state index in [9.17, 15) is 14.9 Å². The van der Waals surface area contributed by atoms with Gasteiger partial charge in [-0.3, -0.25) is 14.5 Å². The molecule has 3 aromatic carbocycles. The highest BCUT2D eigenvalue weighted by Crippen LogP contribution is 2.37. The van der Waals surface area contributed by atoms with Crippen molar-refractivity contribution in [1.82, 2.24) is 4.90 Å². The van der Waals surface area contributed by atoms with Gasteiger partial charge in [0.15, 0.2) is 0 Å². The fourth-order valence-corrected chi connectivity index (χ4v) is 6.99. The lowest BCUT2D eigenvalue weighted by molar-refractivity contribution is -0.113. The Morgan fingerprint density at radius 1 is 1.02 bits per heavy atom. The van der Waals surface area contributed by atoms with Crippen LogP contribution >= 0.6 is 46.3 Å². The molecule has 2 N–H and O–H groups in total. The van der Waals surface area contributed by atoms with Gasteiger partial charge in [-0.1, -0.05) is 59.6 Å². The average molecular weight is 608 g/mol. The fraction of sp³-hybridized carbons (Fsp3) is 0.167. The number of rotatable bonds is 8. The Labute approximate surface area is 250 Å². The Morgan fingerprint density at radius 2 is 1.85 bits per heavy atom. The number of fused-ring (bicyclic) bond motifs is 1. The van der Waals surface area contributed by atoms with Crippen LogP contribution in [0.5, 0.6) is 0 Å². The minimum Gasteiger partial charge on any atom is -0.322 e. The van der Waals surface area contributed by atoms with Gasteiger partial charge in [-0.15, -0.1) is 23.1 Å². The molecule has 40 heavy (non-hydrogen) atoms. The van der Waals surface area contributed by atoms with E-state index in [1.54, 1.807) is 24.3 Å². The van der Waals surface area contributed by atoms with Crippen molar-refractivity contribution in [2.75, 3.05) is 22.9 Å². The third-order valence-corrected chi connectivity index (χ3v) is 9.06. The molecule has 0 saturated heterocycles. The summed E-state index contributed by atoms with van der Waals surface area (Å²) in [6.07, 6.45) is 0.784. The van der Waals surface area contributed by atoms with Crippen LogP contribution in [0.1, 0.15) is 31.9 Å². The van der Waals surface area contributed by atoms with E-state index in [4.69, 9.17) is 23.2 Å². The molecule has 0 radical (unpaired) electrons. The number of halogens is 2. The van der Waals surface area contributed by atoms with Crippen molar-refractivity contribution in [3.05, 3.63) is 110 Å². The predicted molar refractivity (Wildman–Crippen MR) is 164 cm³/mol. The Bertz CT molecular complexity index is 1600. The molecule has 0 atom stereocenters. The highest BCUT2D eigenvalue weighted by molar-refractivity contribution is 8.00. The van der Waals surface area contributed by atoms with Crippen LogP contribution in [0.3, 0.4) is 0 Å². The standard InChI is InChI=1S/C30H24Cl2N4O2S2/c31-20-9-10-24(26(32)13-20)29(38)34-21-7-4-8-22(14-21)39-18-28(37)35-30-25(15-33)23-11-12-36(17-27(23)40-30)16-19-5-2-1-3-6-19/h1-10,13-14H,11-12,16-18H2,(H,34,38)(H,35,37). The fourth-order valence-electron chi connectivity index (χ4n) is 4.49. The van der Waals surface area contributed by atoms with Crippen molar-refractivity contribution in [3.8, 4) is 6.07 Å². The average Bonchev–Trinajstić information content (AvgIpc) is 3.28. The summed E-state index contributed by atoms with van der Waals surface area (Å²) in [5.74, 6) is -0.383. The predicted octanol–water partition coefficient (Wildman–Crippen LogP) is 7.47. The number of nitriles is 1. The van der Waals surface area contributed by atoms with Crippen LogP contribution in [-0.4, -0.2) is 29.0 Å². The minimum atomic E-state index is -0.352. The molecule has 0 fully saturated rings. The second-order valence-corrected chi connectivity index (χ2v) is 12.2. The number of hydrogen-bond donors (Lipinski definition) is 2. The Hall–Kier alpha value is -3.32. The molecule has 1 aliphatic rings. The first-order valence-electron chi connectivity index (χ1n) is 12.5. The molecule has 0 spiro atoms. The quantitative estimate of drug-likeness (QED) is 0.203. The van der Waals surface area contributed by atoms with E-state index in [1.807, 2.05) is 30.3 Å². The summed E-state index contributed by atoms with van der Waals surface area (Å²) in [6, 6.07) is 24.6. The van der Waals surface area contributed by atoms with E-state index in [2.05, 4.69) is 33.7 Å². The summed E-state index contributed by atoms with van der Waals surface area (Å²) in [5.41, 5.74) is 3.77. The maximum Gasteiger partial charge on any atom is 0.257 e. The normalized spacial score (nSPS) is 12.8. The molecule has 0 unspecified atom stereocenters. The zero-order valence-corrected chi connectivity index (χ0v) is 24.4. The number of carbonyl (C=O) groups is 2. The number of hydrogen-bond acceptors (Lipinski definition) is 6. The molecule has 0 saturated carbocycles. The number of benzene rings is 3. The molecule has 6 nitrogen and oxygen atoms in total. The molecular formula is C30H24Cl2N4O2S2. The number of carbonyl (C=O) groups excluding carboxylic acids is 2. The number of amides is 2. The van der Waals surface area contributed by atoms with E-state index >= 15 is 0 Å². The Kier molecular flexibility index (Phi) is 9.10. The molecule has 2 amide bonds. The van der Waals surface area contributed by atoms with Crippen LogP contribution in [0.15, 0.2) is 77.7 Å². The van der Waals surface area contributed by atoms with Crippen LogP contribution in [0.2, 0.25) is 10.0 Å². The zero-order valence-electron chi connectivity index (χ0n) is 21.2. The van der Waals surface area contributed by atoms with Gasteiger partial charge in [0, 0.05) is 40.1 Å². The lowest BCUT2D eigenvalue weighted by Crippen LogP contribution is -2.29. The molecule has 2 heterocycles. The maximum absolute atomic E-state index is 12.8. The first-order chi connectivity index (χ1) is 19.4. The van der Waals surface area contributed by atoms with Gasteiger partial charge in [0.25, 0.3) is 5.91 Å². The largest absolute Gasteiger partial charge is 0.322 e. The third kappa shape index (κ3) is 6.87. The van der Waals surface area contributed by atoms with Gasteiger partial charge in [-0.05, 0) is 53.9 Å². The molecule has 0 bridgehead atoms. The lowest BCUT2D eigenvalue weighted by atomic mass is 10.0. The molecule has 0 aliphatic carbocycles. The van der Waals surface area contributed by atoms with Crippen molar-refractivity contribution >= 4 is 68.8 Å². The molecule has 5 rings (SSSR count). The highest BCUT2D eigenvalue weighted by Gasteiger charge is 2.25. The molecular weight excluding hydrogens is 583 g/mol. The van der Waals surface area contributed by atoms with Crippen LogP contribution in [0.4, 0.5) is 10.7 Å². The summed E-state index contributed by atoms with van der Waals surface area (Å²) in [6.45, 7) is 2.48. The van der Waals surface area contributed by atoms with Crippen molar-refractivity contribution in [2.24, 2.45) is 0 Å². The first-order valence-corrected chi connectivity index (χ1v) is 15.1. The minimum absolute atomic E-state index is 0.161. The van der Waals surface area contributed by atoms with Crippen molar-refractivity contribution < 1.29 is 9.59 Å². The van der Waals surface area contributed by atoms with Crippen LogP contribution < -0.4 is 10.6 Å². The number of thioether (sulfide) groups is 1. The molecule has 10 heteroatoms. The second-order valence-electron chi connectivity index (χ2n) is 9.21. The number of anilines is 2. The Morgan fingerprint density at radius 3 is 2.62 bits per heavy atom. The van der Waals surface area contributed by atoms with Gasteiger partial charge < -0.3 is 10.6 Å². The summed E-state index contributed by atoms with van der Waals surface area (Å²) in [5, 5.41) is 17.0. The topological polar surface area (TPSA) is 85.2 Å². The van der Waals surface area contributed by atoms with Gasteiger partial charge in [0.1, 0.15) is 11.1 Å². The van der Waals surface area contributed by atoms with Crippen molar-refractivity contribution in [3.63, 3.8) is 0 Å². The van der Waals surface area contributed by atoms with E-state index in [0.29, 0.717) is 26.8 Å². The van der Waals surface area contributed by atoms with Crippen molar-refractivity contribution in [1.29, 1.82) is 5.26 Å². The first kappa shape index (κ1) is 28.2. The van der Waals surface area contributed by atoms with Crippen LogP contribution in [0, 0.1) is 11.3 Å². The third-order valence-electron chi connectivity index (χ3n) is 6.39. The summed E-state index contributed by atoms with van der Waals surface area (Å²) in [4.78, 5) is 29.8. The second kappa shape index (κ2) is 12.9. The molecule has 202 valence electrons. The summed E-state index contributed by atoms with van der Waals surface area (Å²) >= 11 is 14.9. The SMILES string of the molecule is N#Cc1c(NC(=O)CSc2cccc(NC(=O)c3ccc(Cl)cc3Cl)c2)sc2c1CCN(Cc1ccccc1)C2. The monoisotopic (exact) mass is 606 g/mol. The number of thiophene rings is 1. The van der Waals surface area contributed by atoms with Crippen molar-refractivity contribution in [2.45, 2.75) is 24.4 Å². The van der Waals surface area contributed by atoms with E-state index in [0.717, 1.165) is 41.4 Å². The molecule has 4 aromatic rings. The summed E-state index contributed by atoms with van der Waals surface area (Å²) in [7, 11) is 0. The van der Waals surface area contributed by atoms with E-state index < -0.39 is 0 Å². The zero-order chi connectivity index (χ0) is 28.1. The Balaban J connectivity index is 1.18.